The monoisotopic (exact) mass is 698 g/mol. The summed E-state index contributed by atoms with van der Waals surface area (Å²) in [4.78, 5) is 28.7. The summed E-state index contributed by atoms with van der Waals surface area (Å²) in [6, 6.07) is 14.9. The van der Waals surface area contributed by atoms with E-state index in [4.69, 9.17) is 21.1 Å². The molecule has 1 heterocycles. The zero-order valence-electron chi connectivity index (χ0n) is 28.0. The molecule has 0 radical (unpaired) electrons. The Kier molecular flexibility index (Phi) is 10.8. The molecule has 256 valence electrons. The van der Waals surface area contributed by atoms with Gasteiger partial charge in [-0.1, -0.05) is 35.9 Å². The molecule has 1 aliphatic rings. The van der Waals surface area contributed by atoms with Gasteiger partial charge in [0.2, 0.25) is 0 Å². The predicted molar refractivity (Wildman–Crippen MR) is 186 cm³/mol. The van der Waals surface area contributed by atoms with Crippen LogP contribution >= 0.6 is 22.9 Å². The minimum absolute atomic E-state index is 0.0235. The molecule has 0 saturated heterocycles. The average Bonchev–Trinajstić information content (AvgIpc) is 3.42. The first kappa shape index (κ1) is 35.7. The van der Waals surface area contributed by atoms with Crippen LogP contribution in [0.1, 0.15) is 80.4 Å². The molecule has 0 bridgehead atoms. The maximum absolute atomic E-state index is 14.9. The molecular weight excluding hydrogens is 658 g/mol. The number of ether oxygens (including phenoxy) is 2. The molecule has 1 atom stereocenters. The Morgan fingerprint density at radius 3 is 2.27 bits per heavy atom. The van der Waals surface area contributed by atoms with E-state index in [0.717, 1.165) is 40.2 Å². The second kappa shape index (κ2) is 14.5. The number of Topliss-reactive ketones (excluding diaryl/α,β-unsaturated/α-hetero) is 1. The van der Waals surface area contributed by atoms with E-state index in [-0.39, 0.29) is 50.5 Å². The van der Waals surface area contributed by atoms with Crippen molar-refractivity contribution in [1.29, 1.82) is 0 Å². The number of carbonyl (C=O) groups excluding carboxylic acids is 2. The highest BCUT2D eigenvalue weighted by molar-refractivity contribution is 7.19. The summed E-state index contributed by atoms with van der Waals surface area (Å²) in [5.74, 6) is -0.723. The van der Waals surface area contributed by atoms with Crippen molar-refractivity contribution in [2.45, 2.75) is 83.8 Å². The first-order valence-corrected chi connectivity index (χ1v) is 17.1. The fourth-order valence-electron chi connectivity index (χ4n) is 6.30. The van der Waals surface area contributed by atoms with E-state index in [1.165, 1.54) is 6.92 Å². The molecule has 1 unspecified atom stereocenters. The number of methoxy groups -OCH3 is 1. The van der Waals surface area contributed by atoms with Gasteiger partial charge in [0.05, 0.1) is 27.1 Å². The second-order valence-corrected chi connectivity index (χ2v) is 14.7. The summed E-state index contributed by atoms with van der Waals surface area (Å²) in [6.45, 7) is 7.23. The summed E-state index contributed by atoms with van der Waals surface area (Å²) in [5.41, 5.74) is 2.45. The van der Waals surface area contributed by atoms with E-state index in [9.17, 15) is 23.5 Å². The van der Waals surface area contributed by atoms with Crippen molar-refractivity contribution >= 4 is 44.9 Å². The van der Waals surface area contributed by atoms with Gasteiger partial charge in [-0.3, -0.25) is 9.69 Å². The lowest BCUT2D eigenvalue weighted by Gasteiger charge is -2.41. The largest absolute Gasteiger partial charge is 0.496 e. The SMILES string of the molecule is COc1ccc(-c2cccc(C(C)=O)c2)cc1CN(C1CCC(N(C)C(=O)OC(C)(C)C)CC1)C(O)c1sc2c(F)ccc(F)c2c1Cl. The number of ketones is 1. The van der Waals surface area contributed by atoms with E-state index < -0.39 is 23.5 Å². The number of thiophene rings is 1. The highest BCUT2D eigenvalue weighted by Gasteiger charge is 2.36. The summed E-state index contributed by atoms with van der Waals surface area (Å²) in [6.07, 6.45) is 0.878. The highest BCUT2D eigenvalue weighted by Crippen LogP contribution is 2.44. The van der Waals surface area contributed by atoms with Gasteiger partial charge in [-0.25, -0.2) is 13.6 Å². The fraction of sp³-hybridized carbons (Fsp3) is 0.405. The van der Waals surface area contributed by atoms with Gasteiger partial charge >= 0.3 is 6.09 Å². The number of halogens is 3. The number of rotatable bonds is 9. The number of nitrogens with zero attached hydrogens (tertiary/aromatic N) is 2. The van der Waals surface area contributed by atoms with Crippen LogP contribution in [0.2, 0.25) is 5.02 Å². The molecule has 1 aliphatic carbocycles. The molecule has 4 aromatic rings. The number of aliphatic hydroxyl groups is 1. The highest BCUT2D eigenvalue weighted by atomic mass is 35.5. The minimum atomic E-state index is -1.30. The van der Waals surface area contributed by atoms with E-state index >= 15 is 0 Å². The van der Waals surface area contributed by atoms with E-state index in [2.05, 4.69) is 0 Å². The smallest absolute Gasteiger partial charge is 0.410 e. The van der Waals surface area contributed by atoms with Crippen molar-refractivity contribution < 1.29 is 33.0 Å². The Hall–Kier alpha value is -3.57. The average molecular weight is 699 g/mol. The molecule has 1 aromatic heterocycles. The Labute approximate surface area is 289 Å². The van der Waals surface area contributed by atoms with Gasteiger partial charge in [-0.2, -0.15) is 0 Å². The lowest BCUT2D eigenvalue weighted by molar-refractivity contribution is -0.0479. The summed E-state index contributed by atoms with van der Waals surface area (Å²) < 4.78 is 41.0. The molecular formula is C37H41ClF2N2O5S. The van der Waals surface area contributed by atoms with Gasteiger partial charge in [0, 0.05) is 36.8 Å². The topological polar surface area (TPSA) is 79.3 Å². The number of fused-ring (bicyclic) bond motifs is 1. The van der Waals surface area contributed by atoms with Crippen LogP contribution in [-0.2, 0) is 11.3 Å². The first-order chi connectivity index (χ1) is 22.7. The van der Waals surface area contributed by atoms with Gasteiger partial charge in [0.1, 0.15) is 29.2 Å². The van der Waals surface area contributed by atoms with E-state index in [1.54, 1.807) is 25.1 Å². The van der Waals surface area contributed by atoms with Crippen molar-refractivity contribution in [3.05, 3.63) is 87.3 Å². The first-order valence-electron chi connectivity index (χ1n) is 15.9. The molecule has 5 rings (SSSR count). The van der Waals surface area contributed by atoms with Gasteiger partial charge in [0.25, 0.3) is 0 Å². The molecule has 11 heteroatoms. The molecule has 1 fully saturated rings. The Morgan fingerprint density at radius 1 is 1.00 bits per heavy atom. The third kappa shape index (κ3) is 7.67. The van der Waals surface area contributed by atoms with Crippen molar-refractivity contribution in [1.82, 2.24) is 9.80 Å². The third-order valence-corrected chi connectivity index (χ3v) is 10.6. The molecule has 1 N–H and O–H groups in total. The van der Waals surface area contributed by atoms with Crippen LogP contribution in [0.15, 0.2) is 54.6 Å². The molecule has 48 heavy (non-hydrogen) atoms. The van der Waals surface area contributed by atoms with Crippen LogP contribution in [0, 0.1) is 11.6 Å². The summed E-state index contributed by atoms with van der Waals surface area (Å²) in [7, 11) is 3.31. The van der Waals surface area contributed by atoms with E-state index in [0.29, 0.717) is 37.0 Å². The Bertz CT molecular complexity index is 1820. The zero-order chi connectivity index (χ0) is 34.9. The lowest BCUT2D eigenvalue weighted by Crippen LogP contribution is -2.46. The number of amides is 1. The molecule has 7 nitrogen and oxygen atoms in total. The number of aliphatic hydroxyl groups excluding tert-OH is 1. The van der Waals surface area contributed by atoms with Crippen LogP contribution in [0.3, 0.4) is 0 Å². The Balaban J connectivity index is 1.50. The molecule has 1 saturated carbocycles. The lowest BCUT2D eigenvalue weighted by atomic mass is 9.88. The quantitative estimate of drug-likeness (QED) is 0.139. The van der Waals surface area contributed by atoms with Crippen molar-refractivity contribution in [2.24, 2.45) is 0 Å². The standard InChI is InChI=1S/C37H41ClF2N2O5S/c1-21(43)22-8-7-9-23(18-22)24-10-17-30(46-6)25(19-24)20-42(27-13-11-26(12-14-27)41(5)36(45)47-37(2,3)4)35(44)34-32(38)31-28(39)15-16-29(40)33(31)48-34/h7-10,15-19,26-27,35,44H,11-14,20H2,1-6H3. The fourth-order valence-corrected chi connectivity index (χ4v) is 7.88. The van der Waals surface area contributed by atoms with Crippen LogP contribution < -0.4 is 4.74 Å². The van der Waals surface area contributed by atoms with Crippen LogP contribution in [0.4, 0.5) is 13.6 Å². The van der Waals surface area contributed by atoms with Crippen molar-refractivity contribution in [2.75, 3.05) is 14.2 Å². The number of hydrogen-bond acceptors (Lipinski definition) is 7. The minimum Gasteiger partial charge on any atom is -0.496 e. The number of benzene rings is 3. The second-order valence-electron chi connectivity index (χ2n) is 13.3. The van der Waals surface area contributed by atoms with Crippen LogP contribution in [0.25, 0.3) is 21.2 Å². The molecule has 3 aromatic carbocycles. The third-order valence-electron chi connectivity index (χ3n) is 8.86. The molecule has 0 aliphatic heterocycles. The van der Waals surface area contributed by atoms with E-state index in [1.807, 2.05) is 62.1 Å². The maximum Gasteiger partial charge on any atom is 0.410 e. The number of hydrogen-bond donors (Lipinski definition) is 1. The summed E-state index contributed by atoms with van der Waals surface area (Å²) >= 11 is 7.61. The molecule has 0 spiro atoms. The zero-order valence-corrected chi connectivity index (χ0v) is 29.6. The summed E-state index contributed by atoms with van der Waals surface area (Å²) in [5, 5.41) is 12.0. The van der Waals surface area contributed by atoms with Crippen molar-refractivity contribution in [3.8, 4) is 16.9 Å². The van der Waals surface area contributed by atoms with Gasteiger partial charge < -0.3 is 19.5 Å². The maximum atomic E-state index is 14.9. The van der Waals surface area contributed by atoms with Crippen molar-refractivity contribution in [3.63, 3.8) is 0 Å². The normalized spacial score (nSPS) is 17.4. The van der Waals surface area contributed by atoms with Gasteiger partial charge in [-0.15, -0.1) is 11.3 Å². The van der Waals surface area contributed by atoms with Crippen LogP contribution in [0.5, 0.6) is 5.75 Å². The predicted octanol–water partition coefficient (Wildman–Crippen LogP) is 9.38. The number of carbonyl (C=O) groups is 2. The van der Waals surface area contributed by atoms with Crippen LogP contribution in [-0.4, -0.2) is 58.6 Å². The van der Waals surface area contributed by atoms with Gasteiger partial charge in [0.15, 0.2) is 5.78 Å². The molecule has 1 amide bonds. The Morgan fingerprint density at radius 2 is 1.65 bits per heavy atom. The van der Waals surface area contributed by atoms with Gasteiger partial charge in [-0.05, 0) is 94.8 Å².